The summed E-state index contributed by atoms with van der Waals surface area (Å²) in [5.74, 6) is 0.563. The minimum Gasteiger partial charge on any atom is -0.454 e. The Morgan fingerprint density at radius 2 is 2.00 bits per heavy atom. The molecule has 27 heavy (non-hydrogen) atoms. The van der Waals surface area contributed by atoms with Crippen LogP contribution in [0.3, 0.4) is 0 Å². The molecule has 1 aromatic heterocycles. The van der Waals surface area contributed by atoms with E-state index >= 15 is 0 Å². The van der Waals surface area contributed by atoms with Crippen LogP contribution in [-0.4, -0.2) is 11.9 Å². The summed E-state index contributed by atoms with van der Waals surface area (Å²) in [6.45, 7) is 0.439. The molecule has 0 unspecified atom stereocenters. The average Bonchev–Trinajstić information content (AvgIpc) is 3.12. The molecule has 0 atom stereocenters. The van der Waals surface area contributed by atoms with Crippen LogP contribution < -0.4 is 20.7 Å². The molecule has 0 fully saturated rings. The first-order valence-corrected chi connectivity index (χ1v) is 9.34. The second-order valence-electron chi connectivity index (χ2n) is 5.79. The lowest BCUT2D eigenvalue weighted by atomic mass is 10.1. The minimum atomic E-state index is -0.353. The van der Waals surface area contributed by atoms with Crippen LogP contribution in [0, 0.1) is 0 Å². The van der Waals surface area contributed by atoms with E-state index < -0.39 is 0 Å². The summed E-state index contributed by atoms with van der Waals surface area (Å²) in [5.41, 5.74) is 1.30. The monoisotopic (exact) mass is 399 g/mol. The molecule has 136 valence electrons. The van der Waals surface area contributed by atoms with Crippen LogP contribution in [0.2, 0.25) is 5.02 Å². The van der Waals surface area contributed by atoms with Crippen molar-refractivity contribution < 1.29 is 14.3 Å². The van der Waals surface area contributed by atoms with Gasteiger partial charge >= 0.3 is 6.03 Å². The van der Waals surface area contributed by atoms with Gasteiger partial charge in [-0.1, -0.05) is 17.7 Å². The lowest BCUT2D eigenvalue weighted by Crippen LogP contribution is -2.28. The lowest BCUT2D eigenvalue weighted by molar-refractivity contribution is 0.102. The summed E-state index contributed by atoms with van der Waals surface area (Å²) in [5, 5.41) is 10.7. The maximum Gasteiger partial charge on any atom is 0.319 e. The first kappa shape index (κ1) is 17.4. The molecule has 0 saturated carbocycles. The Morgan fingerprint density at radius 1 is 1.15 bits per heavy atom. The summed E-state index contributed by atoms with van der Waals surface area (Å²) in [6.07, 6.45) is 0. The average molecular weight is 400 g/mol. The predicted octanol–water partition coefficient (Wildman–Crippen LogP) is 5.08. The number of carbonyl (C=O) groups is 2. The molecule has 6 nitrogen and oxygen atoms in total. The highest BCUT2D eigenvalue weighted by Gasteiger charge is 2.21. The Hall–Kier alpha value is -3.03. The third-order valence-electron chi connectivity index (χ3n) is 3.90. The van der Waals surface area contributed by atoms with Gasteiger partial charge in [0.25, 0.3) is 5.91 Å². The molecular weight excluding hydrogens is 386 g/mol. The molecule has 2 aromatic carbocycles. The number of benzene rings is 2. The van der Waals surface area contributed by atoms with Gasteiger partial charge in [-0.3, -0.25) is 4.79 Å². The molecule has 8 heteroatoms. The molecule has 1 aliphatic rings. The number of halogens is 1. The molecule has 3 amide bonds. The third kappa shape index (κ3) is 3.89. The van der Waals surface area contributed by atoms with E-state index in [-0.39, 0.29) is 11.9 Å². The number of ether oxygens (including phenoxy) is 1. The topological polar surface area (TPSA) is 79.5 Å². The summed E-state index contributed by atoms with van der Waals surface area (Å²) in [6, 6.07) is 13.4. The van der Waals surface area contributed by atoms with E-state index in [1.165, 1.54) is 0 Å². The van der Waals surface area contributed by atoms with Crippen molar-refractivity contribution in [2.75, 3.05) is 10.6 Å². The molecule has 1 aliphatic heterocycles. The van der Waals surface area contributed by atoms with Crippen LogP contribution in [-0.2, 0) is 6.54 Å². The van der Waals surface area contributed by atoms with E-state index in [1.807, 2.05) is 17.5 Å². The van der Waals surface area contributed by atoms with Crippen LogP contribution in [0.5, 0.6) is 11.5 Å². The van der Waals surface area contributed by atoms with Gasteiger partial charge in [-0.05, 0) is 47.8 Å². The second-order valence-corrected chi connectivity index (χ2v) is 7.26. The van der Waals surface area contributed by atoms with Gasteiger partial charge < -0.3 is 20.7 Å². The van der Waals surface area contributed by atoms with E-state index in [1.54, 1.807) is 47.7 Å². The Balaban J connectivity index is 1.50. The highest BCUT2D eigenvalue weighted by molar-refractivity contribution is 7.09. The number of urea groups is 1. The van der Waals surface area contributed by atoms with Crippen molar-refractivity contribution >= 4 is 46.3 Å². The van der Waals surface area contributed by atoms with E-state index in [4.69, 9.17) is 16.3 Å². The first-order chi connectivity index (χ1) is 13.1. The van der Waals surface area contributed by atoms with E-state index in [0.29, 0.717) is 40.0 Å². The number of nitrogens with one attached hydrogen (secondary N) is 3. The van der Waals surface area contributed by atoms with Crippen LogP contribution in [0.25, 0.3) is 0 Å². The fraction of sp³-hybridized carbons (Fsp3) is 0.0526. The van der Waals surface area contributed by atoms with Crippen LogP contribution in [0.4, 0.5) is 16.2 Å². The largest absolute Gasteiger partial charge is 0.454 e. The molecule has 3 aromatic rings. The maximum absolute atomic E-state index is 12.5. The van der Waals surface area contributed by atoms with E-state index in [0.717, 1.165) is 4.88 Å². The quantitative estimate of drug-likeness (QED) is 0.574. The van der Waals surface area contributed by atoms with E-state index in [9.17, 15) is 9.59 Å². The van der Waals surface area contributed by atoms with Crippen molar-refractivity contribution in [2.24, 2.45) is 0 Å². The number of rotatable bonds is 3. The number of hydrogen-bond donors (Lipinski definition) is 3. The van der Waals surface area contributed by atoms with Gasteiger partial charge in [-0.15, -0.1) is 11.3 Å². The molecule has 0 radical (unpaired) electrons. The van der Waals surface area contributed by atoms with Crippen molar-refractivity contribution in [3.63, 3.8) is 0 Å². The second kappa shape index (κ2) is 7.30. The third-order valence-corrected chi connectivity index (χ3v) is 5.01. The number of carbonyl (C=O) groups excluding carboxylic acids is 2. The molecule has 0 aliphatic carbocycles. The van der Waals surface area contributed by atoms with Crippen molar-refractivity contribution in [1.82, 2.24) is 5.32 Å². The van der Waals surface area contributed by atoms with Crippen molar-refractivity contribution in [1.29, 1.82) is 0 Å². The summed E-state index contributed by atoms with van der Waals surface area (Å²) in [7, 11) is 0. The molecule has 0 bridgehead atoms. The van der Waals surface area contributed by atoms with E-state index in [2.05, 4.69) is 16.0 Å². The molecule has 3 N–H and O–H groups in total. The van der Waals surface area contributed by atoms with Crippen LogP contribution >= 0.6 is 22.9 Å². The normalized spacial score (nSPS) is 12.1. The molecule has 0 saturated heterocycles. The number of hydrogen-bond acceptors (Lipinski definition) is 4. The Labute approximate surface area is 164 Å². The zero-order chi connectivity index (χ0) is 18.8. The summed E-state index contributed by atoms with van der Waals surface area (Å²) >= 11 is 7.54. The van der Waals surface area contributed by atoms with Crippen LogP contribution in [0.1, 0.15) is 15.2 Å². The van der Waals surface area contributed by atoms with Crippen LogP contribution in [0.15, 0.2) is 53.9 Å². The smallest absolute Gasteiger partial charge is 0.319 e. The standard InChI is InChI=1S/C19H14ClN3O3S/c20-11-3-5-17-15(8-11)23-18(24)14-9-12(4-6-16(14)26-17)22-19(25)21-10-13-2-1-7-27-13/h1-9H,10H2,(H,23,24)(H2,21,22,25). The van der Waals surface area contributed by atoms with Crippen molar-refractivity contribution in [3.8, 4) is 11.5 Å². The van der Waals surface area contributed by atoms with Gasteiger partial charge in [0.1, 0.15) is 5.75 Å². The number of anilines is 2. The molecule has 0 spiro atoms. The first-order valence-electron chi connectivity index (χ1n) is 8.08. The van der Waals surface area contributed by atoms with Crippen molar-refractivity contribution in [3.05, 3.63) is 69.4 Å². The SMILES string of the molecule is O=C(NCc1cccs1)Nc1ccc2c(c1)C(=O)Nc1cc(Cl)ccc1O2. The van der Waals surface area contributed by atoms with Crippen molar-refractivity contribution in [2.45, 2.75) is 6.54 Å². The number of amides is 3. The van der Waals surface area contributed by atoms with Gasteiger partial charge in [0.2, 0.25) is 0 Å². The highest BCUT2D eigenvalue weighted by Crippen LogP contribution is 2.37. The molecule has 4 rings (SSSR count). The lowest BCUT2D eigenvalue weighted by Gasteiger charge is -2.10. The Kier molecular flexibility index (Phi) is 4.70. The zero-order valence-electron chi connectivity index (χ0n) is 13.9. The fourth-order valence-electron chi connectivity index (χ4n) is 2.63. The number of fused-ring (bicyclic) bond motifs is 2. The van der Waals surface area contributed by atoms with Gasteiger partial charge in [0.05, 0.1) is 17.8 Å². The highest BCUT2D eigenvalue weighted by atomic mass is 35.5. The summed E-state index contributed by atoms with van der Waals surface area (Å²) < 4.78 is 5.82. The van der Waals surface area contributed by atoms with Gasteiger partial charge in [-0.2, -0.15) is 0 Å². The van der Waals surface area contributed by atoms with Gasteiger partial charge in [0.15, 0.2) is 5.75 Å². The predicted molar refractivity (Wildman–Crippen MR) is 106 cm³/mol. The maximum atomic E-state index is 12.5. The molecular formula is C19H14ClN3O3S. The fourth-order valence-corrected chi connectivity index (χ4v) is 3.44. The summed E-state index contributed by atoms with van der Waals surface area (Å²) in [4.78, 5) is 25.7. The Bertz CT molecular complexity index is 1020. The van der Waals surface area contributed by atoms with Gasteiger partial charge in [-0.25, -0.2) is 4.79 Å². The molecule has 2 heterocycles. The Morgan fingerprint density at radius 3 is 2.81 bits per heavy atom. The van der Waals surface area contributed by atoms with Gasteiger partial charge in [0, 0.05) is 15.6 Å². The zero-order valence-corrected chi connectivity index (χ0v) is 15.5. The number of thiophene rings is 1. The minimum absolute atomic E-state index is 0.318.